The van der Waals surface area contributed by atoms with Gasteiger partial charge >= 0.3 is 11.9 Å². The highest BCUT2D eigenvalue weighted by atomic mass is 16.6. The van der Waals surface area contributed by atoms with Crippen molar-refractivity contribution in [2.75, 3.05) is 19.8 Å². The van der Waals surface area contributed by atoms with E-state index in [1.807, 2.05) is 0 Å². The van der Waals surface area contributed by atoms with Gasteiger partial charge in [-0.1, -0.05) is 258 Å². The maximum atomic E-state index is 12.8. The molecule has 1 atom stereocenters. The Balaban J connectivity index is 4.20. The van der Waals surface area contributed by atoms with Crippen LogP contribution in [-0.2, 0) is 23.8 Å². The van der Waals surface area contributed by atoms with Crippen molar-refractivity contribution in [2.24, 2.45) is 0 Å². The van der Waals surface area contributed by atoms with Gasteiger partial charge in [0, 0.05) is 19.4 Å². The van der Waals surface area contributed by atoms with Crippen molar-refractivity contribution >= 4 is 11.9 Å². The molecule has 5 heteroatoms. The fraction of sp³-hybridized carbons (Fsp3) is 0.927. The molecule has 0 aromatic rings. The first-order chi connectivity index (χ1) is 29.6. The Morgan fingerprint density at radius 1 is 0.350 bits per heavy atom. The molecule has 356 valence electrons. The summed E-state index contributed by atoms with van der Waals surface area (Å²) < 4.78 is 17.4. The van der Waals surface area contributed by atoms with Crippen molar-refractivity contribution < 1.29 is 23.8 Å². The molecular formula is C55H106O5. The first-order valence-electron chi connectivity index (χ1n) is 27.2. The van der Waals surface area contributed by atoms with Crippen LogP contribution in [0.25, 0.3) is 0 Å². The molecule has 0 saturated heterocycles. The minimum Gasteiger partial charge on any atom is -0.462 e. The zero-order valence-electron chi connectivity index (χ0n) is 41.0. The topological polar surface area (TPSA) is 61.8 Å². The Morgan fingerprint density at radius 2 is 0.650 bits per heavy atom. The van der Waals surface area contributed by atoms with Crippen LogP contribution in [0.3, 0.4) is 0 Å². The smallest absolute Gasteiger partial charge is 0.306 e. The zero-order valence-corrected chi connectivity index (χ0v) is 41.0. The van der Waals surface area contributed by atoms with Crippen LogP contribution in [0.2, 0.25) is 0 Å². The Bertz CT molecular complexity index is 871. The number of carbonyl (C=O) groups excluding carboxylic acids is 2. The maximum Gasteiger partial charge on any atom is 0.306 e. The molecule has 1 unspecified atom stereocenters. The summed E-state index contributed by atoms with van der Waals surface area (Å²) in [6.07, 6.45) is 59.3. The number of allylic oxidation sites excluding steroid dienone is 2. The lowest BCUT2D eigenvalue weighted by atomic mass is 10.0. The molecule has 0 aliphatic rings. The Hall–Kier alpha value is -1.36. The monoisotopic (exact) mass is 847 g/mol. The Labute approximate surface area is 375 Å². The molecule has 0 bridgehead atoms. The van der Waals surface area contributed by atoms with Gasteiger partial charge < -0.3 is 14.2 Å². The first kappa shape index (κ1) is 58.6. The maximum absolute atomic E-state index is 12.8. The van der Waals surface area contributed by atoms with E-state index in [0.717, 1.165) is 44.9 Å². The quantitative estimate of drug-likeness (QED) is 0.0347. The number of carbonyl (C=O) groups is 2. The van der Waals surface area contributed by atoms with Crippen LogP contribution in [0, 0.1) is 0 Å². The van der Waals surface area contributed by atoms with Gasteiger partial charge in [0.15, 0.2) is 6.10 Å². The molecule has 0 heterocycles. The summed E-state index contributed by atoms with van der Waals surface area (Å²) in [5, 5.41) is 0. The van der Waals surface area contributed by atoms with Gasteiger partial charge in [0.2, 0.25) is 0 Å². The van der Waals surface area contributed by atoms with Crippen LogP contribution in [0.4, 0.5) is 0 Å². The van der Waals surface area contributed by atoms with E-state index in [2.05, 4.69) is 32.9 Å². The van der Waals surface area contributed by atoms with Crippen molar-refractivity contribution in [1.82, 2.24) is 0 Å². The van der Waals surface area contributed by atoms with Crippen LogP contribution in [-0.4, -0.2) is 37.9 Å². The molecular weight excluding hydrogens is 741 g/mol. The van der Waals surface area contributed by atoms with Crippen molar-refractivity contribution in [3.05, 3.63) is 12.2 Å². The summed E-state index contributed by atoms with van der Waals surface area (Å²) >= 11 is 0. The van der Waals surface area contributed by atoms with Gasteiger partial charge in [0.25, 0.3) is 0 Å². The molecule has 0 saturated carbocycles. The zero-order chi connectivity index (χ0) is 43.5. The number of unbranched alkanes of at least 4 members (excludes halogenated alkanes) is 38. The van der Waals surface area contributed by atoms with Crippen molar-refractivity contribution in [2.45, 2.75) is 309 Å². The number of esters is 2. The minimum absolute atomic E-state index is 0.0917. The molecule has 0 rings (SSSR count). The molecule has 0 fully saturated rings. The number of hydrogen-bond donors (Lipinski definition) is 0. The lowest BCUT2D eigenvalue weighted by molar-refractivity contribution is -0.163. The fourth-order valence-corrected chi connectivity index (χ4v) is 8.21. The van der Waals surface area contributed by atoms with Gasteiger partial charge in [0.1, 0.15) is 6.61 Å². The predicted octanol–water partition coefficient (Wildman–Crippen LogP) is 18.2. The second-order valence-corrected chi connectivity index (χ2v) is 18.5. The lowest BCUT2D eigenvalue weighted by Gasteiger charge is -2.18. The summed E-state index contributed by atoms with van der Waals surface area (Å²) in [6.45, 7) is 7.88. The van der Waals surface area contributed by atoms with Gasteiger partial charge in [-0.25, -0.2) is 0 Å². The summed E-state index contributed by atoms with van der Waals surface area (Å²) in [5.41, 5.74) is 0. The van der Waals surface area contributed by atoms with Gasteiger partial charge in [0.05, 0.1) is 6.61 Å². The molecule has 0 aliphatic heterocycles. The van der Waals surface area contributed by atoms with E-state index in [1.54, 1.807) is 0 Å². The average molecular weight is 847 g/mol. The summed E-state index contributed by atoms with van der Waals surface area (Å²) in [7, 11) is 0. The molecule has 0 amide bonds. The normalized spacial score (nSPS) is 12.1. The van der Waals surface area contributed by atoms with E-state index < -0.39 is 6.10 Å². The Kier molecular flexibility index (Phi) is 50.8. The minimum atomic E-state index is -0.530. The van der Waals surface area contributed by atoms with Gasteiger partial charge in [-0.2, -0.15) is 0 Å². The standard InChI is InChI=1S/C55H106O5/c1-4-7-10-13-16-19-22-25-27-29-32-35-38-41-44-47-50-58-51-53(60-55(57)49-46-43-40-37-34-30-24-21-18-15-12-9-6-3)52-59-54(56)48-45-42-39-36-33-31-28-26-23-20-17-14-11-8-5-2/h21,24,53H,4-20,22-23,25-52H2,1-3H3/b24-21-. The van der Waals surface area contributed by atoms with E-state index in [9.17, 15) is 9.59 Å². The third-order valence-corrected chi connectivity index (χ3v) is 12.3. The molecule has 0 aromatic carbocycles. The number of hydrogen-bond acceptors (Lipinski definition) is 5. The first-order valence-corrected chi connectivity index (χ1v) is 27.2. The van der Waals surface area contributed by atoms with Gasteiger partial charge in [-0.05, 0) is 44.9 Å². The number of ether oxygens (including phenoxy) is 3. The fourth-order valence-electron chi connectivity index (χ4n) is 8.21. The molecule has 0 N–H and O–H groups in total. The van der Waals surface area contributed by atoms with Crippen molar-refractivity contribution in [1.29, 1.82) is 0 Å². The lowest BCUT2D eigenvalue weighted by Crippen LogP contribution is -2.30. The highest BCUT2D eigenvalue weighted by Crippen LogP contribution is 2.16. The van der Waals surface area contributed by atoms with E-state index in [4.69, 9.17) is 14.2 Å². The third-order valence-electron chi connectivity index (χ3n) is 12.3. The summed E-state index contributed by atoms with van der Waals surface area (Å²) in [5.74, 6) is -0.384. The van der Waals surface area contributed by atoms with E-state index >= 15 is 0 Å². The second-order valence-electron chi connectivity index (χ2n) is 18.5. The predicted molar refractivity (Wildman–Crippen MR) is 261 cm³/mol. The second kappa shape index (κ2) is 52.0. The number of rotatable bonds is 51. The van der Waals surface area contributed by atoms with Crippen LogP contribution >= 0.6 is 0 Å². The average Bonchev–Trinajstić information content (AvgIpc) is 3.25. The van der Waals surface area contributed by atoms with Crippen LogP contribution in [0.1, 0.15) is 303 Å². The van der Waals surface area contributed by atoms with Crippen LogP contribution in [0.15, 0.2) is 12.2 Å². The van der Waals surface area contributed by atoms with Crippen LogP contribution < -0.4 is 0 Å². The Morgan fingerprint density at radius 3 is 1.03 bits per heavy atom. The molecule has 0 spiro atoms. The molecule has 0 aromatic heterocycles. The van der Waals surface area contributed by atoms with E-state index in [0.29, 0.717) is 26.1 Å². The van der Waals surface area contributed by atoms with E-state index in [-0.39, 0.29) is 18.5 Å². The van der Waals surface area contributed by atoms with Crippen molar-refractivity contribution in [3.8, 4) is 0 Å². The molecule has 0 radical (unpaired) electrons. The van der Waals surface area contributed by atoms with Crippen LogP contribution in [0.5, 0.6) is 0 Å². The van der Waals surface area contributed by atoms with Gasteiger partial charge in [-0.3, -0.25) is 9.59 Å². The molecule has 0 aliphatic carbocycles. The molecule has 5 nitrogen and oxygen atoms in total. The highest BCUT2D eigenvalue weighted by molar-refractivity contribution is 5.70. The highest BCUT2D eigenvalue weighted by Gasteiger charge is 2.17. The SMILES string of the molecule is CCCCCC/C=C\CCCCCCCC(=O)OC(COCCCCCCCCCCCCCCCCCC)COC(=O)CCCCCCCCCCCCCCCCC. The summed E-state index contributed by atoms with van der Waals surface area (Å²) in [6, 6.07) is 0. The largest absolute Gasteiger partial charge is 0.462 e. The third kappa shape index (κ3) is 49.3. The van der Waals surface area contributed by atoms with Gasteiger partial charge in [-0.15, -0.1) is 0 Å². The summed E-state index contributed by atoms with van der Waals surface area (Å²) in [4.78, 5) is 25.4. The van der Waals surface area contributed by atoms with E-state index in [1.165, 1.54) is 225 Å². The van der Waals surface area contributed by atoms with Crippen molar-refractivity contribution in [3.63, 3.8) is 0 Å². The molecule has 60 heavy (non-hydrogen) atoms.